The zero-order valence-corrected chi connectivity index (χ0v) is 9.81. The van der Waals surface area contributed by atoms with E-state index in [4.69, 9.17) is 10.5 Å². The van der Waals surface area contributed by atoms with Gasteiger partial charge in [-0.25, -0.2) is 4.39 Å². The Hall–Kier alpha value is -0.800. The highest BCUT2D eigenvalue weighted by atomic mass is 35.5. The van der Waals surface area contributed by atoms with Gasteiger partial charge in [0.1, 0.15) is 0 Å². The van der Waals surface area contributed by atoms with Crippen LogP contribution >= 0.6 is 12.4 Å². The number of benzene rings is 1. The van der Waals surface area contributed by atoms with Gasteiger partial charge in [-0.15, -0.1) is 12.4 Å². The van der Waals surface area contributed by atoms with Crippen LogP contribution in [0, 0.1) is 5.82 Å². The number of nitrogens with two attached hydrogens (primary N) is 1. The van der Waals surface area contributed by atoms with Crippen molar-refractivity contribution in [1.29, 1.82) is 0 Å². The summed E-state index contributed by atoms with van der Waals surface area (Å²) in [6, 6.07) is 4.73. The van der Waals surface area contributed by atoms with Crippen molar-refractivity contribution in [3.63, 3.8) is 0 Å². The van der Waals surface area contributed by atoms with Crippen molar-refractivity contribution in [3.05, 3.63) is 29.6 Å². The van der Waals surface area contributed by atoms with E-state index in [2.05, 4.69) is 6.92 Å². The van der Waals surface area contributed by atoms with E-state index < -0.39 is 0 Å². The van der Waals surface area contributed by atoms with Crippen LogP contribution < -0.4 is 10.5 Å². The number of ether oxygens (including phenoxy) is 1. The molecule has 0 aliphatic carbocycles. The van der Waals surface area contributed by atoms with Crippen LogP contribution in [0.15, 0.2) is 18.2 Å². The van der Waals surface area contributed by atoms with Crippen LogP contribution in [0.4, 0.5) is 4.39 Å². The summed E-state index contributed by atoms with van der Waals surface area (Å²) >= 11 is 0. The van der Waals surface area contributed by atoms with Gasteiger partial charge in [-0.1, -0.05) is 19.4 Å². The first kappa shape index (κ1) is 14.2. The summed E-state index contributed by atoms with van der Waals surface area (Å²) in [6.45, 7) is 2.07. The van der Waals surface area contributed by atoms with Gasteiger partial charge in [-0.3, -0.25) is 0 Å². The summed E-state index contributed by atoms with van der Waals surface area (Å²) in [4.78, 5) is 0. The molecule has 0 saturated carbocycles. The van der Waals surface area contributed by atoms with E-state index in [0.29, 0.717) is 0 Å². The normalized spacial score (nSPS) is 11.7. The Labute approximate surface area is 96.0 Å². The molecule has 2 nitrogen and oxygen atoms in total. The highest BCUT2D eigenvalue weighted by Gasteiger charge is 2.08. The first-order valence-corrected chi connectivity index (χ1v) is 4.78. The Bertz CT molecular complexity index is 307. The monoisotopic (exact) mass is 233 g/mol. The predicted octanol–water partition coefficient (Wildman–Crippen LogP) is 3.06. The first-order chi connectivity index (χ1) is 6.69. The van der Waals surface area contributed by atoms with Crippen LogP contribution in [0.3, 0.4) is 0 Å². The fourth-order valence-corrected chi connectivity index (χ4v) is 1.38. The van der Waals surface area contributed by atoms with Crippen molar-refractivity contribution in [3.8, 4) is 5.75 Å². The van der Waals surface area contributed by atoms with E-state index in [9.17, 15) is 4.39 Å². The second-order valence-electron chi connectivity index (χ2n) is 3.29. The molecular formula is C11H17ClFNO. The van der Waals surface area contributed by atoms with Gasteiger partial charge in [0.25, 0.3) is 0 Å². The lowest BCUT2D eigenvalue weighted by Crippen LogP contribution is -2.09. The smallest absolute Gasteiger partial charge is 0.165 e. The van der Waals surface area contributed by atoms with Crippen molar-refractivity contribution in [1.82, 2.24) is 0 Å². The number of methoxy groups -OCH3 is 1. The summed E-state index contributed by atoms with van der Waals surface area (Å²) in [5.41, 5.74) is 6.82. The molecule has 0 aliphatic heterocycles. The lowest BCUT2D eigenvalue weighted by atomic mass is 10.0. The van der Waals surface area contributed by atoms with Crippen molar-refractivity contribution < 1.29 is 9.13 Å². The molecule has 0 heterocycles. The maximum atomic E-state index is 13.1. The molecule has 86 valence electrons. The molecule has 15 heavy (non-hydrogen) atoms. The molecule has 0 aliphatic rings. The minimum absolute atomic E-state index is 0. The number of hydrogen-bond donors (Lipinski definition) is 1. The molecular weight excluding hydrogens is 217 g/mol. The van der Waals surface area contributed by atoms with Gasteiger partial charge in [0, 0.05) is 6.04 Å². The van der Waals surface area contributed by atoms with E-state index >= 15 is 0 Å². The fourth-order valence-electron chi connectivity index (χ4n) is 1.38. The van der Waals surface area contributed by atoms with Crippen molar-refractivity contribution in [2.24, 2.45) is 5.73 Å². The highest BCUT2D eigenvalue weighted by Crippen LogP contribution is 2.23. The van der Waals surface area contributed by atoms with Gasteiger partial charge in [0.15, 0.2) is 11.6 Å². The fraction of sp³-hybridized carbons (Fsp3) is 0.455. The zero-order valence-electron chi connectivity index (χ0n) is 9.00. The van der Waals surface area contributed by atoms with Crippen LogP contribution in [-0.4, -0.2) is 7.11 Å². The molecule has 1 aromatic rings. The standard InChI is InChI=1S/C11H16FNO.ClH/c1-3-4-10(13)8-5-6-9(12)11(7-8)14-2;/h5-7,10H,3-4,13H2,1-2H3;1H/t10-;/m0./s1. The molecule has 1 rings (SSSR count). The van der Waals surface area contributed by atoms with Gasteiger partial charge in [-0.05, 0) is 24.1 Å². The van der Waals surface area contributed by atoms with Crippen molar-refractivity contribution >= 4 is 12.4 Å². The molecule has 0 spiro atoms. The van der Waals surface area contributed by atoms with Crippen molar-refractivity contribution in [2.45, 2.75) is 25.8 Å². The third kappa shape index (κ3) is 3.68. The topological polar surface area (TPSA) is 35.2 Å². The molecule has 2 N–H and O–H groups in total. The Morgan fingerprint density at radius 3 is 2.67 bits per heavy atom. The third-order valence-corrected chi connectivity index (χ3v) is 2.20. The van der Waals surface area contributed by atoms with Crippen LogP contribution in [0.1, 0.15) is 31.4 Å². The predicted molar refractivity (Wildman–Crippen MR) is 62.0 cm³/mol. The molecule has 0 fully saturated rings. The summed E-state index contributed by atoms with van der Waals surface area (Å²) in [7, 11) is 1.45. The molecule has 0 amide bonds. The minimum Gasteiger partial charge on any atom is -0.494 e. The van der Waals surface area contributed by atoms with Crippen molar-refractivity contribution in [2.75, 3.05) is 7.11 Å². The first-order valence-electron chi connectivity index (χ1n) is 4.78. The average molecular weight is 234 g/mol. The van der Waals surface area contributed by atoms with E-state index in [0.717, 1.165) is 18.4 Å². The molecule has 0 unspecified atom stereocenters. The molecule has 0 saturated heterocycles. The van der Waals surface area contributed by atoms with Crippen LogP contribution in [0.5, 0.6) is 5.75 Å². The lowest BCUT2D eigenvalue weighted by molar-refractivity contribution is 0.385. The SMILES string of the molecule is CCC[C@H](N)c1ccc(F)c(OC)c1.Cl. The van der Waals surface area contributed by atoms with E-state index in [1.807, 2.05) is 0 Å². The quantitative estimate of drug-likeness (QED) is 0.868. The van der Waals surface area contributed by atoms with Crippen LogP contribution in [0.25, 0.3) is 0 Å². The average Bonchev–Trinajstić information content (AvgIpc) is 2.19. The molecule has 0 aromatic heterocycles. The lowest BCUT2D eigenvalue weighted by Gasteiger charge is -2.12. The third-order valence-electron chi connectivity index (χ3n) is 2.20. The number of hydrogen-bond acceptors (Lipinski definition) is 2. The summed E-state index contributed by atoms with van der Waals surface area (Å²) in [5, 5.41) is 0. The summed E-state index contributed by atoms with van der Waals surface area (Å²) in [5.74, 6) is -0.0889. The van der Waals surface area contributed by atoms with E-state index in [1.54, 1.807) is 12.1 Å². The van der Waals surface area contributed by atoms with Gasteiger partial charge in [0.05, 0.1) is 7.11 Å². The Balaban J connectivity index is 0.00000196. The summed E-state index contributed by atoms with van der Waals surface area (Å²) in [6.07, 6.45) is 1.91. The van der Waals surface area contributed by atoms with Gasteiger partial charge in [-0.2, -0.15) is 0 Å². The van der Waals surface area contributed by atoms with Crippen LogP contribution in [-0.2, 0) is 0 Å². The number of rotatable bonds is 4. The number of halogens is 2. The maximum absolute atomic E-state index is 13.1. The Kier molecular flexibility index (Phi) is 6.29. The van der Waals surface area contributed by atoms with E-state index in [1.165, 1.54) is 13.2 Å². The highest BCUT2D eigenvalue weighted by molar-refractivity contribution is 5.85. The molecule has 1 aromatic carbocycles. The van der Waals surface area contributed by atoms with E-state index in [-0.39, 0.29) is 30.0 Å². The van der Waals surface area contributed by atoms with Gasteiger partial charge >= 0.3 is 0 Å². The maximum Gasteiger partial charge on any atom is 0.165 e. The van der Waals surface area contributed by atoms with Crippen LogP contribution in [0.2, 0.25) is 0 Å². The Morgan fingerprint density at radius 2 is 2.13 bits per heavy atom. The molecule has 0 bridgehead atoms. The minimum atomic E-state index is -0.347. The van der Waals surface area contributed by atoms with Gasteiger partial charge < -0.3 is 10.5 Å². The molecule has 0 radical (unpaired) electrons. The van der Waals surface area contributed by atoms with Gasteiger partial charge in [0.2, 0.25) is 0 Å². The second-order valence-corrected chi connectivity index (χ2v) is 3.29. The second kappa shape index (κ2) is 6.64. The zero-order chi connectivity index (χ0) is 10.6. The molecule has 1 atom stereocenters. The molecule has 4 heteroatoms. The summed E-state index contributed by atoms with van der Waals surface area (Å²) < 4.78 is 17.9. The largest absolute Gasteiger partial charge is 0.494 e. The Morgan fingerprint density at radius 1 is 1.47 bits per heavy atom.